The van der Waals surface area contributed by atoms with E-state index in [0.29, 0.717) is 11.6 Å². The number of fused-ring (bicyclic) bond motifs is 2. The molecule has 0 radical (unpaired) electrons. The number of halogens is 1. The lowest BCUT2D eigenvalue weighted by molar-refractivity contribution is 0.0481. The number of benzene rings is 2. The second kappa shape index (κ2) is 7.43. The first kappa shape index (κ1) is 18.6. The highest BCUT2D eigenvalue weighted by molar-refractivity contribution is 6.31. The summed E-state index contributed by atoms with van der Waals surface area (Å²) in [5.41, 5.74) is 2.77. The summed E-state index contributed by atoms with van der Waals surface area (Å²) in [4.78, 5) is 17.8. The zero-order chi connectivity index (χ0) is 20.0. The second-order valence-corrected chi connectivity index (χ2v) is 8.38. The van der Waals surface area contributed by atoms with Crippen molar-refractivity contribution in [3.63, 3.8) is 0 Å². The smallest absolute Gasteiger partial charge is 0.326 e. The van der Waals surface area contributed by atoms with Crippen molar-refractivity contribution in [3.8, 4) is 11.5 Å². The standard InChI is InChI=1S/C22H24ClN3O3/c1-14-3-2-4-20-21(14)28-13-17(29-20)12-25-9-7-16(8-10-25)26-19-11-15(23)5-6-18(19)24-22(26)27/h2-6,11,16-17H,7-10,12-13H2,1H3,(H,24,27). The number of hydrogen-bond donors (Lipinski definition) is 1. The second-order valence-electron chi connectivity index (χ2n) is 7.95. The van der Waals surface area contributed by atoms with Crippen LogP contribution in [0.5, 0.6) is 11.5 Å². The molecule has 1 atom stereocenters. The first-order chi connectivity index (χ1) is 14.1. The highest BCUT2D eigenvalue weighted by Gasteiger charge is 2.28. The van der Waals surface area contributed by atoms with Gasteiger partial charge < -0.3 is 14.5 Å². The number of imidazole rings is 1. The third-order valence-corrected chi connectivity index (χ3v) is 6.18. The Kier molecular flexibility index (Phi) is 4.76. The largest absolute Gasteiger partial charge is 0.486 e. The zero-order valence-corrected chi connectivity index (χ0v) is 17.1. The van der Waals surface area contributed by atoms with Gasteiger partial charge >= 0.3 is 5.69 Å². The predicted octanol–water partition coefficient (Wildman–Crippen LogP) is 3.77. The fourth-order valence-corrected chi connectivity index (χ4v) is 4.65. The lowest BCUT2D eigenvalue weighted by atomic mass is 10.0. The van der Waals surface area contributed by atoms with Crippen LogP contribution < -0.4 is 15.2 Å². The molecule has 0 bridgehead atoms. The summed E-state index contributed by atoms with van der Waals surface area (Å²) in [6.45, 7) is 5.27. The molecule has 29 heavy (non-hydrogen) atoms. The molecule has 1 unspecified atom stereocenters. The molecule has 152 valence electrons. The Balaban J connectivity index is 1.24. The number of nitrogens with zero attached hydrogens (tertiary/aromatic N) is 2. The maximum absolute atomic E-state index is 12.5. The molecule has 1 aromatic heterocycles. The molecule has 0 saturated carbocycles. The Morgan fingerprint density at radius 2 is 2.03 bits per heavy atom. The lowest BCUT2D eigenvalue weighted by Crippen LogP contribution is -2.45. The maximum Gasteiger partial charge on any atom is 0.326 e. The van der Waals surface area contributed by atoms with Crippen LogP contribution in [0.25, 0.3) is 11.0 Å². The summed E-state index contributed by atoms with van der Waals surface area (Å²) in [5.74, 6) is 1.69. The van der Waals surface area contributed by atoms with Gasteiger partial charge in [0.2, 0.25) is 0 Å². The normalized spacial score (nSPS) is 20.3. The van der Waals surface area contributed by atoms with Gasteiger partial charge in [-0.2, -0.15) is 0 Å². The van der Waals surface area contributed by atoms with Gasteiger partial charge in [0.15, 0.2) is 11.5 Å². The number of likely N-dealkylation sites (tertiary alicyclic amines) is 1. The topological polar surface area (TPSA) is 59.5 Å². The highest BCUT2D eigenvalue weighted by atomic mass is 35.5. The molecule has 3 heterocycles. The number of piperidine rings is 1. The number of aryl methyl sites for hydroxylation is 1. The Hall–Kier alpha value is -2.44. The predicted molar refractivity (Wildman–Crippen MR) is 113 cm³/mol. The lowest BCUT2D eigenvalue weighted by Gasteiger charge is -2.36. The summed E-state index contributed by atoms with van der Waals surface area (Å²) in [6.07, 6.45) is 1.86. The molecule has 6 nitrogen and oxygen atoms in total. The van der Waals surface area contributed by atoms with Crippen LogP contribution in [0, 0.1) is 6.92 Å². The molecule has 7 heteroatoms. The van der Waals surface area contributed by atoms with Crippen molar-refractivity contribution < 1.29 is 9.47 Å². The molecule has 2 aromatic carbocycles. The minimum atomic E-state index is -0.0586. The van der Waals surface area contributed by atoms with Crippen LogP contribution in [0.1, 0.15) is 24.4 Å². The molecule has 5 rings (SSSR count). The van der Waals surface area contributed by atoms with E-state index in [2.05, 4.69) is 9.88 Å². The van der Waals surface area contributed by atoms with Crippen molar-refractivity contribution in [1.29, 1.82) is 0 Å². The van der Waals surface area contributed by atoms with E-state index in [4.69, 9.17) is 21.1 Å². The van der Waals surface area contributed by atoms with Gasteiger partial charge in [0.05, 0.1) is 11.0 Å². The Morgan fingerprint density at radius 1 is 1.21 bits per heavy atom. The average Bonchev–Trinajstić information content (AvgIpc) is 3.04. The van der Waals surface area contributed by atoms with Gasteiger partial charge in [0.25, 0.3) is 0 Å². The van der Waals surface area contributed by atoms with Gasteiger partial charge in [-0.1, -0.05) is 23.7 Å². The van der Waals surface area contributed by atoms with Crippen LogP contribution >= 0.6 is 11.6 Å². The number of H-pyrrole nitrogens is 1. The van der Waals surface area contributed by atoms with Crippen molar-refractivity contribution in [2.45, 2.75) is 31.9 Å². The molecular weight excluding hydrogens is 390 g/mol. The van der Waals surface area contributed by atoms with E-state index in [1.165, 1.54) is 0 Å². The molecule has 0 amide bonds. The van der Waals surface area contributed by atoms with E-state index in [0.717, 1.165) is 60.6 Å². The van der Waals surface area contributed by atoms with Gasteiger partial charge in [0.1, 0.15) is 12.7 Å². The molecule has 1 saturated heterocycles. The van der Waals surface area contributed by atoms with E-state index < -0.39 is 0 Å². The third-order valence-electron chi connectivity index (χ3n) is 5.95. The number of nitrogens with one attached hydrogen (secondary N) is 1. The van der Waals surface area contributed by atoms with Crippen LogP contribution in [0.4, 0.5) is 0 Å². The number of para-hydroxylation sites is 1. The van der Waals surface area contributed by atoms with Gasteiger partial charge in [0, 0.05) is 30.7 Å². The molecule has 2 aliphatic heterocycles. The highest BCUT2D eigenvalue weighted by Crippen LogP contribution is 2.35. The number of aromatic amines is 1. The van der Waals surface area contributed by atoms with Gasteiger partial charge in [-0.05, 0) is 49.6 Å². The van der Waals surface area contributed by atoms with E-state index in [-0.39, 0.29) is 17.8 Å². The van der Waals surface area contributed by atoms with Crippen LogP contribution in [0.2, 0.25) is 5.02 Å². The molecule has 0 spiro atoms. The first-order valence-electron chi connectivity index (χ1n) is 10.1. The van der Waals surface area contributed by atoms with Crippen molar-refractivity contribution in [2.75, 3.05) is 26.2 Å². The van der Waals surface area contributed by atoms with Crippen molar-refractivity contribution >= 4 is 22.6 Å². The Labute approximate surface area is 174 Å². The summed E-state index contributed by atoms with van der Waals surface area (Å²) in [6, 6.07) is 11.7. The van der Waals surface area contributed by atoms with Crippen LogP contribution in [-0.2, 0) is 0 Å². The van der Waals surface area contributed by atoms with Crippen LogP contribution in [-0.4, -0.2) is 46.8 Å². The van der Waals surface area contributed by atoms with Gasteiger partial charge in [-0.15, -0.1) is 0 Å². The fraction of sp³-hybridized carbons (Fsp3) is 0.409. The summed E-state index contributed by atoms with van der Waals surface area (Å²) >= 11 is 6.15. The quantitative estimate of drug-likeness (QED) is 0.710. The third kappa shape index (κ3) is 3.51. The fourth-order valence-electron chi connectivity index (χ4n) is 4.49. The van der Waals surface area contributed by atoms with E-state index in [9.17, 15) is 4.79 Å². The molecule has 2 aliphatic rings. The summed E-state index contributed by atoms with van der Waals surface area (Å²) in [5, 5.41) is 0.646. The molecule has 1 fully saturated rings. The van der Waals surface area contributed by atoms with Gasteiger partial charge in [-0.3, -0.25) is 9.47 Å². The van der Waals surface area contributed by atoms with Crippen LogP contribution in [0.3, 0.4) is 0 Å². The van der Waals surface area contributed by atoms with Crippen LogP contribution in [0.15, 0.2) is 41.2 Å². The Morgan fingerprint density at radius 3 is 2.86 bits per heavy atom. The van der Waals surface area contributed by atoms with Gasteiger partial charge in [-0.25, -0.2) is 4.79 Å². The number of aromatic nitrogens is 2. The number of rotatable bonds is 3. The molecule has 0 aliphatic carbocycles. The van der Waals surface area contributed by atoms with E-state index in [1.807, 2.05) is 41.8 Å². The Bertz CT molecular complexity index is 1100. The molecule has 1 N–H and O–H groups in total. The zero-order valence-electron chi connectivity index (χ0n) is 16.4. The first-order valence-corrected chi connectivity index (χ1v) is 10.5. The summed E-state index contributed by atoms with van der Waals surface area (Å²) < 4.78 is 14.0. The molecular formula is C22H24ClN3O3. The summed E-state index contributed by atoms with van der Waals surface area (Å²) in [7, 11) is 0. The van der Waals surface area contributed by atoms with Crippen molar-refractivity contribution in [2.24, 2.45) is 0 Å². The average molecular weight is 414 g/mol. The maximum atomic E-state index is 12.5. The SMILES string of the molecule is Cc1cccc2c1OCC(CN1CCC(n3c(=O)[nH]c4ccc(Cl)cc43)CC1)O2. The monoisotopic (exact) mass is 413 g/mol. The van der Waals surface area contributed by atoms with E-state index in [1.54, 1.807) is 6.07 Å². The minimum Gasteiger partial charge on any atom is -0.486 e. The molecule has 3 aromatic rings. The van der Waals surface area contributed by atoms with Crippen molar-refractivity contribution in [1.82, 2.24) is 14.5 Å². The number of ether oxygens (including phenoxy) is 2. The van der Waals surface area contributed by atoms with E-state index >= 15 is 0 Å². The number of hydrogen-bond acceptors (Lipinski definition) is 4. The van der Waals surface area contributed by atoms with Crippen molar-refractivity contribution in [3.05, 3.63) is 57.5 Å². The minimum absolute atomic E-state index is 0.0236.